The molecule has 5 nitrogen and oxygen atoms in total. The Morgan fingerprint density at radius 2 is 2.35 bits per heavy atom. The zero-order chi connectivity index (χ0) is 12.3. The van der Waals surface area contributed by atoms with E-state index in [9.17, 15) is 0 Å². The van der Waals surface area contributed by atoms with Gasteiger partial charge in [0, 0.05) is 19.1 Å². The van der Waals surface area contributed by atoms with Crippen LogP contribution in [0.5, 0.6) is 0 Å². The molecule has 0 radical (unpaired) electrons. The van der Waals surface area contributed by atoms with Crippen LogP contribution in [0.2, 0.25) is 0 Å². The Bertz CT molecular complexity index is 348. The smallest absolute Gasteiger partial charge is 0.141 e. The monoisotopic (exact) mass is 237 g/mol. The molecule has 1 aliphatic rings. The second-order valence-corrected chi connectivity index (χ2v) is 5.02. The van der Waals surface area contributed by atoms with Gasteiger partial charge in [0.1, 0.15) is 12.2 Å². The van der Waals surface area contributed by atoms with Crippen LogP contribution < -0.4 is 5.73 Å². The lowest BCUT2D eigenvalue weighted by atomic mass is 10.1. The van der Waals surface area contributed by atoms with Crippen LogP contribution in [0.25, 0.3) is 0 Å². The summed E-state index contributed by atoms with van der Waals surface area (Å²) in [5, 5.41) is 4.27. The molecule has 1 aromatic rings. The van der Waals surface area contributed by atoms with Crippen LogP contribution in [0.3, 0.4) is 0 Å². The summed E-state index contributed by atoms with van der Waals surface area (Å²) in [6.07, 6.45) is 3.96. The molecule has 0 spiro atoms. The van der Waals surface area contributed by atoms with Crippen LogP contribution in [-0.2, 0) is 13.1 Å². The van der Waals surface area contributed by atoms with E-state index in [1.807, 2.05) is 4.68 Å². The summed E-state index contributed by atoms with van der Waals surface area (Å²) in [4.78, 5) is 6.83. The van der Waals surface area contributed by atoms with Gasteiger partial charge in [-0.15, -0.1) is 0 Å². The number of nitrogens with two attached hydrogens (primary N) is 1. The van der Waals surface area contributed by atoms with Crippen molar-refractivity contribution in [1.82, 2.24) is 19.7 Å². The van der Waals surface area contributed by atoms with Gasteiger partial charge in [-0.1, -0.05) is 6.92 Å². The first-order valence-electron chi connectivity index (χ1n) is 6.55. The molecule has 96 valence electrons. The number of aryl methyl sites for hydroxylation is 1. The van der Waals surface area contributed by atoms with Gasteiger partial charge in [0.05, 0.1) is 6.54 Å². The highest BCUT2D eigenvalue weighted by Gasteiger charge is 2.28. The van der Waals surface area contributed by atoms with Crippen molar-refractivity contribution in [2.45, 2.75) is 45.8 Å². The highest BCUT2D eigenvalue weighted by Crippen LogP contribution is 2.23. The van der Waals surface area contributed by atoms with Crippen LogP contribution in [-0.4, -0.2) is 38.8 Å². The maximum absolute atomic E-state index is 5.75. The summed E-state index contributed by atoms with van der Waals surface area (Å²) in [6.45, 7) is 8.18. The number of hydrogen-bond donors (Lipinski definition) is 1. The molecule has 2 N–H and O–H groups in total. The Labute approximate surface area is 103 Å². The van der Waals surface area contributed by atoms with Gasteiger partial charge < -0.3 is 5.73 Å². The number of rotatable bonds is 5. The molecule has 2 atom stereocenters. The van der Waals surface area contributed by atoms with E-state index in [2.05, 4.69) is 28.8 Å². The van der Waals surface area contributed by atoms with Crippen molar-refractivity contribution < 1.29 is 0 Å². The average molecular weight is 237 g/mol. The first kappa shape index (κ1) is 12.5. The Kier molecular flexibility index (Phi) is 4.12. The van der Waals surface area contributed by atoms with Crippen LogP contribution in [0, 0.1) is 5.92 Å². The molecule has 0 aromatic carbocycles. The third-order valence-corrected chi connectivity index (χ3v) is 3.60. The molecule has 1 fully saturated rings. The highest BCUT2D eigenvalue weighted by molar-refractivity contribution is 4.90. The number of hydrogen-bond acceptors (Lipinski definition) is 4. The summed E-state index contributed by atoms with van der Waals surface area (Å²) in [7, 11) is 0. The number of aromatic nitrogens is 3. The predicted molar refractivity (Wildman–Crippen MR) is 67.3 cm³/mol. The minimum atomic E-state index is 0.607. The second kappa shape index (κ2) is 5.60. The third-order valence-electron chi connectivity index (χ3n) is 3.60. The van der Waals surface area contributed by atoms with Crippen molar-refractivity contribution in [3.63, 3.8) is 0 Å². The van der Waals surface area contributed by atoms with E-state index in [4.69, 9.17) is 5.73 Å². The first-order valence-corrected chi connectivity index (χ1v) is 6.55. The predicted octanol–water partition coefficient (Wildman–Crippen LogP) is 0.857. The molecule has 2 rings (SSSR count). The van der Waals surface area contributed by atoms with E-state index >= 15 is 0 Å². The lowest BCUT2D eigenvalue weighted by molar-refractivity contribution is 0.244. The molecule has 0 amide bonds. The lowest BCUT2D eigenvalue weighted by Crippen LogP contribution is -2.29. The Hall–Kier alpha value is -0.940. The molecule has 2 heterocycles. The molecule has 2 unspecified atom stereocenters. The molecule has 1 aliphatic heterocycles. The van der Waals surface area contributed by atoms with Crippen LogP contribution in [0.4, 0.5) is 0 Å². The topological polar surface area (TPSA) is 60.0 Å². The molecule has 1 saturated heterocycles. The van der Waals surface area contributed by atoms with Gasteiger partial charge in [0.25, 0.3) is 0 Å². The summed E-state index contributed by atoms with van der Waals surface area (Å²) in [6, 6.07) is 0.607. The van der Waals surface area contributed by atoms with Gasteiger partial charge in [0.2, 0.25) is 0 Å². The van der Waals surface area contributed by atoms with Crippen LogP contribution in [0.15, 0.2) is 6.33 Å². The summed E-state index contributed by atoms with van der Waals surface area (Å²) < 4.78 is 2.02. The number of nitrogens with zero attached hydrogens (tertiary/aromatic N) is 4. The van der Waals surface area contributed by atoms with E-state index in [0.717, 1.165) is 38.4 Å². The van der Waals surface area contributed by atoms with Crippen molar-refractivity contribution in [2.24, 2.45) is 11.7 Å². The molecule has 0 saturated carbocycles. The van der Waals surface area contributed by atoms with Crippen LogP contribution >= 0.6 is 0 Å². The van der Waals surface area contributed by atoms with E-state index in [1.165, 1.54) is 6.42 Å². The molecule has 1 aromatic heterocycles. The zero-order valence-corrected chi connectivity index (χ0v) is 10.8. The molecule has 17 heavy (non-hydrogen) atoms. The largest absolute Gasteiger partial charge is 0.330 e. The molecular weight excluding hydrogens is 214 g/mol. The molecular formula is C12H23N5. The van der Waals surface area contributed by atoms with Gasteiger partial charge in [-0.05, 0) is 32.2 Å². The maximum Gasteiger partial charge on any atom is 0.141 e. The van der Waals surface area contributed by atoms with Gasteiger partial charge in [-0.25, -0.2) is 9.67 Å². The van der Waals surface area contributed by atoms with Crippen molar-refractivity contribution in [2.75, 3.05) is 13.1 Å². The SMILES string of the molecule is CCCn1ncnc1CN1CC(CN)CC1C. The van der Waals surface area contributed by atoms with Gasteiger partial charge in [-0.2, -0.15) is 5.10 Å². The zero-order valence-electron chi connectivity index (χ0n) is 10.8. The summed E-state index contributed by atoms with van der Waals surface area (Å²) in [5.41, 5.74) is 5.75. The van der Waals surface area contributed by atoms with Crippen molar-refractivity contribution in [3.05, 3.63) is 12.2 Å². The Morgan fingerprint density at radius 3 is 3.00 bits per heavy atom. The quantitative estimate of drug-likeness (QED) is 0.825. The molecule has 0 aliphatic carbocycles. The van der Waals surface area contributed by atoms with Gasteiger partial charge >= 0.3 is 0 Å². The fraction of sp³-hybridized carbons (Fsp3) is 0.833. The Morgan fingerprint density at radius 1 is 1.53 bits per heavy atom. The minimum Gasteiger partial charge on any atom is -0.330 e. The average Bonchev–Trinajstić information content (AvgIpc) is 2.88. The fourth-order valence-electron chi connectivity index (χ4n) is 2.60. The third kappa shape index (κ3) is 2.84. The van der Waals surface area contributed by atoms with Crippen LogP contribution in [0.1, 0.15) is 32.5 Å². The second-order valence-electron chi connectivity index (χ2n) is 5.02. The molecule has 5 heteroatoms. The van der Waals surface area contributed by atoms with Gasteiger partial charge in [0.15, 0.2) is 0 Å². The normalized spacial score (nSPS) is 25.6. The van der Waals surface area contributed by atoms with E-state index in [-0.39, 0.29) is 0 Å². The van der Waals surface area contributed by atoms with Crippen molar-refractivity contribution >= 4 is 0 Å². The standard InChI is InChI=1S/C12H23N5/c1-3-4-17-12(14-9-15-17)8-16-7-11(6-13)5-10(16)2/h9-11H,3-8,13H2,1-2H3. The van der Waals surface area contributed by atoms with Gasteiger partial charge in [-0.3, -0.25) is 4.90 Å². The fourth-order valence-corrected chi connectivity index (χ4v) is 2.60. The van der Waals surface area contributed by atoms with E-state index in [1.54, 1.807) is 6.33 Å². The summed E-state index contributed by atoms with van der Waals surface area (Å²) in [5.74, 6) is 1.73. The Balaban J connectivity index is 1.98. The highest BCUT2D eigenvalue weighted by atomic mass is 15.4. The first-order chi connectivity index (χ1) is 8.24. The maximum atomic E-state index is 5.75. The lowest BCUT2D eigenvalue weighted by Gasteiger charge is -2.20. The van der Waals surface area contributed by atoms with Crippen molar-refractivity contribution in [1.29, 1.82) is 0 Å². The van der Waals surface area contributed by atoms with E-state index in [0.29, 0.717) is 12.0 Å². The number of likely N-dealkylation sites (tertiary alicyclic amines) is 1. The van der Waals surface area contributed by atoms with Crippen molar-refractivity contribution in [3.8, 4) is 0 Å². The minimum absolute atomic E-state index is 0.607. The molecule has 0 bridgehead atoms. The summed E-state index contributed by atoms with van der Waals surface area (Å²) >= 11 is 0. The van der Waals surface area contributed by atoms with E-state index < -0.39 is 0 Å².